The Morgan fingerprint density at radius 1 is 1.14 bits per heavy atom. The zero-order valence-electron chi connectivity index (χ0n) is 22.0. The van der Waals surface area contributed by atoms with E-state index in [2.05, 4.69) is 31.2 Å². The first-order valence-corrected chi connectivity index (χ1v) is 13.7. The second kappa shape index (κ2) is 10.2. The molecule has 0 aromatic heterocycles. The van der Waals surface area contributed by atoms with Crippen LogP contribution in [0.2, 0.25) is 0 Å². The molecule has 7 atom stereocenters. The fourth-order valence-electron chi connectivity index (χ4n) is 9.00. The zero-order chi connectivity index (χ0) is 24.1. The van der Waals surface area contributed by atoms with Gasteiger partial charge < -0.3 is 10.2 Å². The zero-order valence-corrected chi connectivity index (χ0v) is 22.8. The Hall–Kier alpha value is -1.40. The van der Waals surface area contributed by atoms with E-state index in [1.54, 1.807) is 0 Å². The van der Waals surface area contributed by atoms with Crippen LogP contribution in [0.3, 0.4) is 0 Å². The van der Waals surface area contributed by atoms with Gasteiger partial charge in [-0.1, -0.05) is 24.6 Å². The summed E-state index contributed by atoms with van der Waals surface area (Å²) in [4.78, 5) is 32.2. The molecule has 5 rings (SSSR count). The van der Waals surface area contributed by atoms with E-state index < -0.39 is 0 Å². The maximum Gasteiger partial charge on any atom is 0.436 e. The van der Waals surface area contributed by atoms with Gasteiger partial charge in [-0.2, -0.15) is 0 Å². The summed E-state index contributed by atoms with van der Waals surface area (Å²) in [5.41, 5.74) is 2.87. The number of ketones is 1. The van der Waals surface area contributed by atoms with Crippen LogP contribution in [0.15, 0.2) is 16.8 Å². The van der Waals surface area contributed by atoms with Gasteiger partial charge in [-0.25, -0.2) is 4.79 Å². The molecule has 1 N–H and O–H groups in total. The summed E-state index contributed by atoms with van der Waals surface area (Å²) in [6.45, 7) is 8.55. The quantitative estimate of drug-likeness (QED) is 0.300. The molecule has 5 aliphatic rings. The molecule has 0 aromatic carbocycles. The smallest absolute Gasteiger partial charge is 0.318 e. The molecule has 35 heavy (non-hydrogen) atoms. The highest BCUT2D eigenvalue weighted by Gasteiger charge is 2.59. The molecule has 4 fully saturated rings. The van der Waals surface area contributed by atoms with Crippen molar-refractivity contribution in [2.24, 2.45) is 39.7 Å². The number of hydrogen-bond acceptors (Lipinski definition) is 5. The minimum Gasteiger partial charge on any atom is -0.318 e. The lowest BCUT2D eigenvalue weighted by Gasteiger charge is -2.58. The van der Waals surface area contributed by atoms with Crippen LogP contribution in [0.1, 0.15) is 85.0 Å². The van der Waals surface area contributed by atoms with Crippen LogP contribution < -0.4 is 5.32 Å². The van der Waals surface area contributed by atoms with Gasteiger partial charge in [0.2, 0.25) is 0 Å². The van der Waals surface area contributed by atoms with E-state index in [-0.39, 0.29) is 35.4 Å². The summed E-state index contributed by atoms with van der Waals surface area (Å²) in [5.74, 6) is 2.86. The first-order chi connectivity index (χ1) is 16.3. The first kappa shape index (κ1) is 26.7. The van der Waals surface area contributed by atoms with Gasteiger partial charge in [0.1, 0.15) is 0 Å². The van der Waals surface area contributed by atoms with Crippen molar-refractivity contribution >= 4 is 30.0 Å². The summed E-state index contributed by atoms with van der Waals surface area (Å²) >= 11 is 0. The number of allylic oxidation sites excluding steroid dienone is 1. The van der Waals surface area contributed by atoms with Crippen molar-refractivity contribution in [3.05, 3.63) is 11.6 Å². The van der Waals surface area contributed by atoms with E-state index in [0.717, 1.165) is 63.2 Å². The molecule has 4 aliphatic carbocycles. The lowest BCUT2D eigenvalue weighted by molar-refractivity contribution is -0.117. The Balaban J connectivity index is 0.00000289. The lowest BCUT2D eigenvalue weighted by Crippen LogP contribution is -2.51. The lowest BCUT2D eigenvalue weighted by atomic mass is 9.46. The third-order valence-electron chi connectivity index (χ3n) is 10.8. The third kappa shape index (κ3) is 4.47. The second-order valence-corrected chi connectivity index (χ2v) is 12.3. The van der Waals surface area contributed by atoms with Gasteiger partial charge in [-0.15, -0.1) is 12.4 Å². The van der Waals surface area contributed by atoms with Crippen LogP contribution in [0, 0.1) is 34.5 Å². The fourth-order valence-corrected chi connectivity index (χ4v) is 9.00. The predicted octanol–water partition coefficient (Wildman–Crippen LogP) is 5.75. The molecule has 1 heterocycles. The molecule has 1 aliphatic heterocycles. The van der Waals surface area contributed by atoms with Gasteiger partial charge in [0.05, 0.1) is 5.71 Å². The van der Waals surface area contributed by atoms with E-state index in [1.807, 2.05) is 18.0 Å². The Bertz CT molecular complexity index is 904. The van der Waals surface area contributed by atoms with E-state index in [0.29, 0.717) is 23.5 Å². The summed E-state index contributed by atoms with van der Waals surface area (Å²) < 4.78 is 0. The number of nitrogens with zero attached hydrogens (tertiary/aromatic N) is 2. The Morgan fingerprint density at radius 2 is 1.94 bits per heavy atom. The number of nitrogens with one attached hydrogen (secondary N) is 1. The monoisotopic (exact) mass is 505 g/mol. The molecule has 196 valence electrons. The fraction of sp³-hybridized carbons (Fsp3) is 0.821. The van der Waals surface area contributed by atoms with Crippen molar-refractivity contribution in [2.75, 3.05) is 20.1 Å². The first-order valence-electron chi connectivity index (χ1n) is 13.7. The van der Waals surface area contributed by atoms with Gasteiger partial charge in [-0.3, -0.25) is 9.63 Å². The Labute approximate surface area is 217 Å². The molecule has 0 radical (unpaired) electrons. The molecule has 6 nitrogen and oxygen atoms in total. The van der Waals surface area contributed by atoms with E-state index in [1.165, 1.54) is 31.3 Å². The summed E-state index contributed by atoms with van der Waals surface area (Å²) in [6.07, 6.45) is 12.6. The van der Waals surface area contributed by atoms with Crippen LogP contribution in [-0.2, 0) is 9.63 Å². The van der Waals surface area contributed by atoms with Crippen molar-refractivity contribution in [1.29, 1.82) is 0 Å². The van der Waals surface area contributed by atoms with Crippen molar-refractivity contribution in [3.8, 4) is 0 Å². The minimum atomic E-state index is -0.299. The summed E-state index contributed by atoms with van der Waals surface area (Å²) in [5, 5.41) is 7.61. The van der Waals surface area contributed by atoms with E-state index in [4.69, 9.17) is 4.84 Å². The molecule has 0 bridgehead atoms. The van der Waals surface area contributed by atoms with Crippen molar-refractivity contribution in [2.45, 2.75) is 91.0 Å². The Morgan fingerprint density at radius 3 is 2.71 bits per heavy atom. The van der Waals surface area contributed by atoms with E-state index >= 15 is 0 Å². The largest absolute Gasteiger partial charge is 0.436 e. The highest BCUT2D eigenvalue weighted by molar-refractivity contribution is 5.91. The van der Waals surface area contributed by atoms with Crippen LogP contribution >= 0.6 is 12.4 Å². The molecular weight excluding hydrogens is 462 g/mol. The Kier molecular flexibility index (Phi) is 7.74. The molecule has 0 unspecified atom stereocenters. The van der Waals surface area contributed by atoms with Crippen LogP contribution in [0.4, 0.5) is 4.79 Å². The average molecular weight is 506 g/mol. The number of hydrogen-bond donors (Lipinski definition) is 1. The maximum absolute atomic E-state index is 12.7. The summed E-state index contributed by atoms with van der Waals surface area (Å²) in [6, 6.07) is 0.207. The SMILES string of the molecule is CNC[C@@H]1CCCN1C(=O)O/N=C(\C)[C@H]1CC[C@H]2[C@@H]3CCC4=CC(=O)CC[C@]4(C)[C@H]3CC[C@]12C.Cl. The molecule has 0 spiro atoms. The van der Waals surface area contributed by atoms with Gasteiger partial charge >= 0.3 is 6.09 Å². The molecule has 1 amide bonds. The second-order valence-electron chi connectivity index (χ2n) is 12.3. The number of halogens is 1. The normalized spacial score (nSPS) is 40.9. The highest BCUT2D eigenvalue weighted by atomic mass is 35.5. The molecule has 3 saturated carbocycles. The van der Waals surface area contributed by atoms with Crippen LogP contribution in [0.5, 0.6) is 0 Å². The van der Waals surface area contributed by atoms with Crippen LogP contribution in [0.25, 0.3) is 0 Å². The van der Waals surface area contributed by atoms with Crippen molar-refractivity contribution in [1.82, 2.24) is 10.2 Å². The molecule has 7 heteroatoms. The minimum absolute atomic E-state index is 0. The number of fused-ring (bicyclic) bond motifs is 5. The topological polar surface area (TPSA) is 71.0 Å². The van der Waals surface area contributed by atoms with Crippen molar-refractivity contribution < 1.29 is 14.4 Å². The third-order valence-corrected chi connectivity index (χ3v) is 10.8. The average Bonchev–Trinajstić information content (AvgIpc) is 3.42. The maximum atomic E-state index is 12.7. The standard InChI is InChI=1S/C28H43N3O3.ClH/c1-18(30-34-26(33)31-15-5-6-20(31)17-29-4)23-9-10-24-22-8-7-19-16-21(32)11-13-27(19,2)25(22)12-14-28(23,24)3;/h16,20,22-25,29H,5-15,17H2,1-4H3;1H/b30-18+;/t20-,22-,23+,24-,25-,27-,28+;/m0./s1. The van der Waals surface area contributed by atoms with Gasteiger partial charge in [-0.05, 0) is 106 Å². The predicted molar refractivity (Wildman–Crippen MR) is 141 cm³/mol. The van der Waals surface area contributed by atoms with Gasteiger partial charge in [0, 0.05) is 31.5 Å². The number of carbonyl (C=O) groups is 2. The number of carbonyl (C=O) groups excluding carboxylic acids is 2. The molecule has 0 aromatic rings. The van der Waals surface area contributed by atoms with E-state index in [9.17, 15) is 9.59 Å². The number of rotatable bonds is 4. The number of amides is 1. The van der Waals surface area contributed by atoms with Crippen LogP contribution in [-0.4, -0.2) is 48.7 Å². The highest BCUT2D eigenvalue weighted by Crippen LogP contribution is 2.66. The number of oxime groups is 1. The molecule has 1 saturated heterocycles. The number of likely N-dealkylation sites (N-methyl/N-ethyl adjacent to an activating group) is 1. The van der Waals surface area contributed by atoms with Gasteiger partial charge in [0.25, 0.3) is 0 Å². The molecular formula is C28H44ClN3O3. The van der Waals surface area contributed by atoms with Gasteiger partial charge in [0.15, 0.2) is 5.78 Å². The summed E-state index contributed by atoms with van der Waals surface area (Å²) in [7, 11) is 1.92. The van der Waals surface area contributed by atoms with Crippen molar-refractivity contribution in [3.63, 3.8) is 0 Å². The number of likely N-dealkylation sites (tertiary alicyclic amines) is 1.